The van der Waals surface area contributed by atoms with Crippen LogP contribution in [0.15, 0.2) is 48.5 Å². The van der Waals surface area contributed by atoms with Crippen molar-refractivity contribution >= 4 is 0 Å². The first-order valence-electron chi connectivity index (χ1n) is 9.30. The average Bonchev–Trinajstić information content (AvgIpc) is 2.88. The summed E-state index contributed by atoms with van der Waals surface area (Å²) in [4.78, 5) is 0. The lowest BCUT2D eigenvalue weighted by Gasteiger charge is -2.46. The summed E-state index contributed by atoms with van der Waals surface area (Å²) >= 11 is 0. The second kappa shape index (κ2) is 5.51. The maximum Gasteiger partial charge on any atom is -0.00151 e. The van der Waals surface area contributed by atoms with Gasteiger partial charge in [-0.15, -0.1) is 0 Å². The Morgan fingerprint density at radius 2 is 1.74 bits per heavy atom. The van der Waals surface area contributed by atoms with Gasteiger partial charge in [-0.05, 0) is 71.1 Å². The van der Waals surface area contributed by atoms with Crippen molar-refractivity contribution in [2.24, 2.45) is 11.8 Å². The summed E-state index contributed by atoms with van der Waals surface area (Å²) in [5.41, 5.74) is 6.81. The molecule has 23 heavy (non-hydrogen) atoms. The Balaban J connectivity index is 1.70. The Labute approximate surface area is 140 Å². The van der Waals surface area contributed by atoms with Crippen LogP contribution in [-0.4, -0.2) is 0 Å². The van der Waals surface area contributed by atoms with E-state index in [2.05, 4.69) is 69.3 Å². The van der Waals surface area contributed by atoms with E-state index in [0.717, 1.165) is 24.2 Å². The van der Waals surface area contributed by atoms with E-state index in [4.69, 9.17) is 0 Å². The smallest absolute Gasteiger partial charge is 0.00151 e. The highest BCUT2D eigenvalue weighted by Gasteiger charge is 2.50. The molecule has 1 unspecified atom stereocenters. The minimum Gasteiger partial charge on any atom is -0.0620 e. The van der Waals surface area contributed by atoms with E-state index in [1.807, 2.05) is 0 Å². The molecule has 0 nitrogen and oxygen atoms in total. The van der Waals surface area contributed by atoms with Crippen LogP contribution in [0, 0.1) is 11.8 Å². The predicted molar refractivity (Wildman–Crippen MR) is 97.9 cm³/mol. The standard InChI is InChI=1S/C23H28/c1-4-17-9-5-7-11-21(17)19-13-16(2)23(3)20(15-19)14-18-10-6-8-12-22(18)23/h5-12,16,19-20H,4,13-15H2,1-3H3/t16-,19?,20+,23-/m0/s1. The van der Waals surface area contributed by atoms with E-state index in [1.165, 1.54) is 19.3 Å². The summed E-state index contributed by atoms with van der Waals surface area (Å²) in [6, 6.07) is 18.4. The van der Waals surface area contributed by atoms with Crippen LogP contribution in [0.2, 0.25) is 0 Å². The Bertz CT molecular complexity index is 713. The molecule has 0 heterocycles. The Morgan fingerprint density at radius 3 is 2.57 bits per heavy atom. The predicted octanol–water partition coefficient (Wildman–Crippen LogP) is 5.89. The number of hydrogen-bond donors (Lipinski definition) is 0. The SMILES string of the molecule is CCc1ccccc1C1C[C@H]2Cc3ccccc3[C@@]2(C)[C@@H](C)C1. The molecule has 0 aliphatic heterocycles. The quantitative estimate of drug-likeness (QED) is 0.648. The number of benzene rings is 2. The van der Waals surface area contributed by atoms with E-state index in [9.17, 15) is 0 Å². The summed E-state index contributed by atoms with van der Waals surface area (Å²) in [5.74, 6) is 2.30. The molecule has 0 amide bonds. The number of fused-ring (bicyclic) bond motifs is 3. The number of hydrogen-bond acceptors (Lipinski definition) is 0. The summed E-state index contributed by atoms with van der Waals surface area (Å²) < 4.78 is 0. The van der Waals surface area contributed by atoms with Crippen molar-refractivity contribution in [3.63, 3.8) is 0 Å². The fourth-order valence-electron chi connectivity index (χ4n) is 5.54. The van der Waals surface area contributed by atoms with Gasteiger partial charge in [0.25, 0.3) is 0 Å². The molecule has 0 radical (unpaired) electrons. The zero-order chi connectivity index (χ0) is 16.0. The van der Waals surface area contributed by atoms with E-state index in [1.54, 1.807) is 22.3 Å². The maximum absolute atomic E-state index is 2.54. The van der Waals surface area contributed by atoms with Gasteiger partial charge < -0.3 is 0 Å². The maximum atomic E-state index is 2.54. The molecule has 0 bridgehead atoms. The molecule has 2 aliphatic rings. The van der Waals surface area contributed by atoms with Crippen molar-refractivity contribution in [1.82, 2.24) is 0 Å². The van der Waals surface area contributed by atoms with Gasteiger partial charge in [-0.1, -0.05) is 69.3 Å². The van der Waals surface area contributed by atoms with Crippen LogP contribution in [0.5, 0.6) is 0 Å². The fourth-order valence-corrected chi connectivity index (χ4v) is 5.54. The molecular weight excluding hydrogens is 276 g/mol. The topological polar surface area (TPSA) is 0 Å². The first-order valence-corrected chi connectivity index (χ1v) is 9.30. The van der Waals surface area contributed by atoms with Gasteiger partial charge >= 0.3 is 0 Å². The monoisotopic (exact) mass is 304 g/mol. The zero-order valence-electron chi connectivity index (χ0n) is 14.7. The summed E-state index contributed by atoms with van der Waals surface area (Å²) in [7, 11) is 0. The van der Waals surface area contributed by atoms with E-state index in [0.29, 0.717) is 5.41 Å². The molecule has 120 valence electrons. The second-order valence-electron chi connectivity index (χ2n) is 7.96. The Morgan fingerprint density at radius 1 is 1.00 bits per heavy atom. The van der Waals surface area contributed by atoms with Crippen LogP contribution in [-0.2, 0) is 18.3 Å². The number of aryl methyl sites for hydroxylation is 1. The van der Waals surface area contributed by atoms with Crippen LogP contribution < -0.4 is 0 Å². The Kier molecular flexibility index (Phi) is 3.59. The van der Waals surface area contributed by atoms with E-state index in [-0.39, 0.29) is 0 Å². The molecule has 0 spiro atoms. The van der Waals surface area contributed by atoms with Crippen molar-refractivity contribution in [3.8, 4) is 0 Å². The third kappa shape index (κ3) is 2.18. The third-order valence-corrected chi connectivity index (χ3v) is 7.02. The van der Waals surface area contributed by atoms with Crippen molar-refractivity contribution in [2.45, 2.75) is 57.8 Å². The first-order chi connectivity index (χ1) is 11.1. The van der Waals surface area contributed by atoms with Gasteiger partial charge in [0.05, 0.1) is 0 Å². The average molecular weight is 304 g/mol. The summed E-state index contributed by atoms with van der Waals surface area (Å²) in [6.07, 6.45) is 5.12. The van der Waals surface area contributed by atoms with Gasteiger partial charge in [0.2, 0.25) is 0 Å². The van der Waals surface area contributed by atoms with E-state index < -0.39 is 0 Å². The Hall–Kier alpha value is -1.56. The van der Waals surface area contributed by atoms with Gasteiger partial charge in [-0.3, -0.25) is 0 Å². The van der Waals surface area contributed by atoms with Crippen molar-refractivity contribution in [1.29, 1.82) is 0 Å². The van der Waals surface area contributed by atoms with E-state index >= 15 is 0 Å². The van der Waals surface area contributed by atoms with Gasteiger partial charge in [0.15, 0.2) is 0 Å². The van der Waals surface area contributed by atoms with Crippen LogP contribution in [0.25, 0.3) is 0 Å². The molecule has 0 saturated heterocycles. The van der Waals surface area contributed by atoms with Crippen molar-refractivity contribution in [3.05, 3.63) is 70.8 Å². The lowest BCUT2D eigenvalue weighted by atomic mass is 9.58. The lowest BCUT2D eigenvalue weighted by molar-refractivity contribution is 0.133. The fraction of sp³-hybridized carbons (Fsp3) is 0.478. The van der Waals surface area contributed by atoms with Gasteiger partial charge in [-0.25, -0.2) is 0 Å². The molecule has 0 heteroatoms. The summed E-state index contributed by atoms with van der Waals surface area (Å²) in [5, 5.41) is 0. The van der Waals surface area contributed by atoms with Crippen LogP contribution in [0.1, 0.15) is 61.8 Å². The summed E-state index contributed by atoms with van der Waals surface area (Å²) in [6.45, 7) is 7.33. The second-order valence-corrected chi connectivity index (χ2v) is 7.96. The molecule has 1 saturated carbocycles. The highest BCUT2D eigenvalue weighted by atomic mass is 14.5. The molecular formula is C23H28. The number of rotatable bonds is 2. The van der Waals surface area contributed by atoms with Crippen LogP contribution in [0.4, 0.5) is 0 Å². The highest BCUT2D eigenvalue weighted by molar-refractivity contribution is 5.43. The minimum absolute atomic E-state index is 0.383. The van der Waals surface area contributed by atoms with Crippen molar-refractivity contribution in [2.75, 3.05) is 0 Å². The lowest BCUT2D eigenvalue weighted by Crippen LogP contribution is -2.41. The van der Waals surface area contributed by atoms with Crippen molar-refractivity contribution < 1.29 is 0 Å². The van der Waals surface area contributed by atoms with Gasteiger partial charge in [0, 0.05) is 0 Å². The minimum atomic E-state index is 0.383. The molecule has 2 aromatic rings. The third-order valence-electron chi connectivity index (χ3n) is 7.02. The molecule has 4 atom stereocenters. The molecule has 0 N–H and O–H groups in total. The highest BCUT2D eigenvalue weighted by Crippen LogP contribution is 2.57. The normalized spacial score (nSPS) is 32.4. The molecule has 1 fully saturated rings. The van der Waals surface area contributed by atoms with Gasteiger partial charge in [0.1, 0.15) is 0 Å². The molecule has 2 aliphatic carbocycles. The molecule has 0 aromatic heterocycles. The zero-order valence-corrected chi connectivity index (χ0v) is 14.7. The first kappa shape index (κ1) is 15.0. The molecule has 2 aromatic carbocycles. The largest absolute Gasteiger partial charge is 0.0620 e. The van der Waals surface area contributed by atoms with Gasteiger partial charge in [-0.2, -0.15) is 0 Å². The van der Waals surface area contributed by atoms with Crippen LogP contribution in [0.3, 0.4) is 0 Å². The van der Waals surface area contributed by atoms with Crippen LogP contribution >= 0.6 is 0 Å². The molecule has 4 rings (SSSR count).